The summed E-state index contributed by atoms with van der Waals surface area (Å²) in [6.07, 6.45) is 0. The summed E-state index contributed by atoms with van der Waals surface area (Å²) < 4.78 is 31.2. The van der Waals surface area contributed by atoms with Crippen LogP contribution in [0.15, 0.2) is 30.3 Å². The molecule has 1 heterocycles. The van der Waals surface area contributed by atoms with Crippen molar-refractivity contribution < 1.29 is 13.2 Å². The van der Waals surface area contributed by atoms with Crippen LogP contribution in [0.25, 0.3) is 0 Å². The molecule has 0 amide bonds. The minimum atomic E-state index is -3.12. The lowest BCUT2D eigenvalue weighted by molar-refractivity contribution is 0.368. The van der Waals surface area contributed by atoms with E-state index >= 15 is 0 Å². The van der Waals surface area contributed by atoms with E-state index in [9.17, 15) is 8.42 Å². The molecule has 0 saturated heterocycles. The molecular formula is C16H23N3O3S. The number of methoxy groups -OCH3 is 1. The van der Waals surface area contributed by atoms with E-state index in [1.165, 1.54) is 0 Å². The van der Waals surface area contributed by atoms with Crippen molar-refractivity contribution in [3.05, 3.63) is 47.2 Å². The zero-order chi connectivity index (χ0) is 16.9. The van der Waals surface area contributed by atoms with Gasteiger partial charge in [0, 0.05) is 20.1 Å². The molecule has 6 nitrogen and oxygen atoms in total. The number of sulfone groups is 1. The molecule has 0 atom stereocenters. The van der Waals surface area contributed by atoms with Crippen molar-refractivity contribution in [1.29, 1.82) is 0 Å². The summed E-state index contributed by atoms with van der Waals surface area (Å²) in [7, 11) is 0.296. The highest BCUT2D eigenvalue weighted by molar-refractivity contribution is 7.90. The third kappa shape index (κ3) is 4.80. The van der Waals surface area contributed by atoms with E-state index in [0.29, 0.717) is 19.0 Å². The monoisotopic (exact) mass is 337 g/mol. The number of nitrogens with zero attached hydrogens (tertiary/aromatic N) is 2. The van der Waals surface area contributed by atoms with Crippen molar-refractivity contribution in [1.82, 2.24) is 15.1 Å². The van der Waals surface area contributed by atoms with Gasteiger partial charge in [0.15, 0.2) is 9.84 Å². The van der Waals surface area contributed by atoms with Gasteiger partial charge >= 0.3 is 0 Å². The Labute approximate surface area is 137 Å². The van der Waals surface area contributed by atoms with Crippen LogP contribution in [-0.4, -0.2) is 37.6 Å². The molecular weight excluding hydrogens is 314 g/mol. The number of aromatic nitrogens is 2. The molecule has 2 aromatic rings. The summed E-state index contributed by atoms with van der Waals surface area (Å²) in [4.78, 5) is 0. The van der Waals surface area contributed by atoms with Crippen LogP contribution in [0.2, 0.25) is 0 Å². The van der Waals surface area contributed by atoms with E-state index in [0.717, 1.165) is 16.8 Å². The third-order valence-corrected chi connectivity index (χ3v) is 5.20. The van der Waals surface area contributed by atoms with E-state index in [2.05, 4.69) is 10.4 Å². The maximum absolute atomic E-state index is 12.1. The molecule has 0 aliphatic heterocycles. The summed E-state index contributed by atoms with van der Waals surface area (Å²) in [6.45, 7) is 2.84. The molecule has 1 aromatic heterocycles. The lowest BCUT2D eigenvalue weighted by Gasteiger charge is -2.08. The SMILES string of the molecule is COc1c(CNCCS(=O)(=O)Cc2ccccc2)c(C)nn1C. The van der Waals surface area contributed by atoms with Crippen molar-refractivity contribution in [3.63, 3.8) is 0 Å². The predicted molar refractivity (Wildman–Crippen MR) is 90.1 cm³/mol. The number of rotatable bonds is 8. The predicted octanol–water partition coefficient (Wildman–Crippen LogP) is 1.44. The summed E-state index contributed by atoms with van der Waals surface area (Å²) >= 11 is 0. The van der Waals surface area contributed by atoms with Gasteiger partial charge < -0.3 is 10.1 Å². The van der Waals surface area contributed by atoms with E-state index < -0.39 is 9.84 Å². The lowest BCUT2D eigenvalue weighted by atomic mass is 10.2. The van der Waals surface area contributed by atoms with Gasteiger partial charge in [-0.05, 0) is 12.5 Å². The van der Waals surface area contributed by atoms with Crippen LogP contribution in [-0.2, 0) is 29.2 Å². The Morgan fingerprint density at radius 3 is 2.61 bits per heavy atom. The maximum Gasteiger partial charge on any atom is 0.216 e. The Morgan fingerprint density at radius 1 is 1.26 bits per heavy atom. The summed E-state index contributed by atoms with van der Waals surface area (Å²) in [6, 6.07) is 9.23. The first-order valence-electron chi connectivity index (χ1n) is 7.44. The van der Waals surface area contributed by atoms with Crippen molar-refractivity contribution in [3.8, 4) is 5.88 Å². The molecule has 0 aliphatic rings. The van der Waals surface area contributed by atoms with Crippen molar-refractivity contribution in [2.45, 2.75) is 19.2 Å². The van der Waals surface area contributed by atoms with Gasteiger partial charge in [-0.25, -0.2) is 13.1 Å². The highest BCUT2D eigenvalue weighted by Crippen LogP contribution is 2.20. The van der Waals surface area contributed by atoms with E-state index in [4.69, 9.17) is 4.74 Å². The van der Waals surface area contributed by atoms with Crippen molar-refractivity contribution >= 4 is 9.84 Å². The number of hydrogen-bond acceptors (Lipinski definition) is 5. The molecule has 0 unspecified atom stereocenters. The third-order valence-electron chi connectivity index (χ3n) is 3.60. The fourth-order valence-corrected chi connectivity index (χ4v) is 3.78. The average Bonchev–Trinajstić information content (AvgIpc) is 2.77. The summed E-state index contributed by atoms with van der Waals surface area (Å²) in [5.74, 6) is 0.871. The first-order valence-corrected chi connectivity index (χ1v) is 9.26. The second-order valence-corrected chi connectivity index (χ2v) is 7.64. The summed E-state index contributed by atoms with van der Waals surface area (Å²) in [5, 5.41) is 7.46. The van der Waals surface area contributed by atoms with Gasteiger partial charge in [0.2, 0.25) is 5.88 Å². The second-order valence-electron chi connectivity index (χ2n) is 5.45. The molecule has 0 radical (unpaired) electrons. The standard InChI is InChI=1S/C16H23N3O3S/c1-13-15(16(22-3)19(2)18-13)11-17-9-10-23(20,21)12-14-7-5-4-6-8-14/h4-8,17H,9-12H2,1-3H3. The van der Waals surface area contributed by atoms with Gasteiger partial charge in [0.1, 0.15) is 0 Å². The number of ether oxygens (including phenoxy) is 1. The molecule has 23 heavy (non-hydrogen) atoms. The minimum Gasteiger partial charge on any atom is -0.481 e. The van der Waals surface area contributed by atoms with Crippen LogP contribution in [0.3, 0.4) is 0 Å². The van der Waals surface area contributed by atoms with Gasteiger partial charge in [0.05, 0.1) is 29.9 Å². The topological polar surface area (TPSA) is 73.2 Å². The van der Waals surface area contributed by atoms with Gasteiger partial charge in [-0.15, -0.1) is 0 Å². The molecule has 126 valence electrons. The second kappa shape index (κ2) is 7.61. The van der Waals surface area contributed by atoms with Crippen molar-refractivity contribution in [2.24, 2.45) is 7.05 Å². The Morgan fingerprint density at radius 2 is 1.96 bits per heavy atom. The van der Waals surface area contributed by atoms with Crippen LogP contribution < -0.4 is 10.1 Å². The molecule has 0 saturated carbocycles. The van der Waals surface area contributed by atoms with Gasteiger partial charge in [-0.3, -0.25) is 0 Å². The van der Waals surface area contributed by atoms with Crippen LogP contribution in [0, 0.1) is 6.92 Å². The van der Waals surface area contributed by atoms with Crippen LogP contribution >= 0.6 is 0 Å². The number of hydrogen-bond donors (Lipinski definition) is 1. The molecule has 0 bridgehead atoms. The molecule has 0 spiro atoms. The van der Waals surface area contributed by atoms with Crippen LogP contribution in [0.1, 0.15) is 16.8 Å². The Bertz CT molecular complexity index is 739. The maximum atomic E-state index is 12.1. The lowest BCUT2D eigenvalue weighted by Crippen LogP contribution is -2.23. The fourth-order valence-electron chi connectivity index (χ4n) is 2.48. The quantitative estimate of drug-likeness (QED) is 0.738. The van der Waals surface area contributed by atoms with Crippen molar-refractivity contribution in [2.75, 3.05) is 19.4 Å². The van der Waals surface area contributed by atoms with E-state index in [1.807, 2.05) is 44.3 Å². The van der Waals surface area contributed by atoms with Crippen LogP contribution in [0.5, 0.6) is 5.88 Å². The Hall–Kier alpha value is -1.86. The fraction of sp³-hybridized carbons (Fsp3) is 0.438. The van der Waals surface area contributed by atoms with Gasteiger partial charge in [0.25, 0.3) is 0 Å². The molecule has 1 N–H and O–H groups in total. The van der Waals surface area contributed by atoms with Gasteiger partial charge in [-0.2, -0.15) is 5.10 Å². The number of benzene rings is 1. The van der Waals surface area contributed by atoms with E-state index in [1.54, 1.807) is 11.8 Å². The normalized spacial score (nSPS) is 11.6. The van der Waals surface area contributed by atoms with Gasteiger partial charge in [-0.1, -0.05) is 30.3 Å². The molecule has 2 rings (SSSR count). The minimum absolute atomic E-state index is 0.0742. The highest BCUT2D eigenvalue weighted by atomic mass is 32.2. The first kappa shape index (κ1) is 17.5. The van der Waals surface area contributed by atoms with E-state index in [-0.39, 0.29) is 11.5 Å². The Balaban J connectivity index is 1.85. The molecule has 0 aliphatic carbocycles. The molecule has 7 heteroatoms. The molecule has 1 aromatic carbocycles. The average molecular weight is 337 g/mol. The Kier molecular flexibility index (Phi) is 5.79. The zero-order valence-corrected chi connectivity index (χ0v) is 14.6. The number of aryl methyl sites for hydroxylation is 2. The molecule has 0 fully saturated rings. The largest absolute Gasteiger partial charge is 0.481 e. The zero-order valence-electron chi connectivity index (χ0n) is 13.7. The number of nitrogens with one attached hydrogen (secondary N) is 1. The smallest absolute Gasteiger partial charge is 0.216 e. The highest BCUT2D eigenvalue weighted by Gasteiger charge is 2.15. The first-order chi connectivity index (χ1) is 10.9. The summed E-state index contributed by atoms with van der Waals surface area (Å²) in [5.41, 5.74) is 2.65. The van der Waals surface area contributed by atoms with Crippen LogP contribution in [0.4, 0.5) is 0 Å².